The Morgan fingerprint density at radius 1 is 1.15 bits per heavy atom. The summed E-state index contributed by atoms with van der Waals surface area (Å²) < 4.78 is 17.4. The molecule has 1 unspecified atom stereocenters. The molecule has 0 aliphatic rings. The lowest BCUT2D eigenvalue weighted by molar-refractivity contribution is 0.239. The molecule has 1 atom stereocenters. The summed E-state index contributed by atoms with van der Waals surface area (Å²) in [6.45, 7) is -0.175. The van der Waals surface area contributed by atoms with E-state index < -0.39 is 6.67 Å². The van der Waals surface area contributed by atoms with E-state index in [1.807, 2.05) is 42.5 Å². The third kappa shape index (κ3) is 3.85. The van der Waals surface area contributed by atoms with Crippen molar-refractivity contribution in [2.24, 2.45) is 0 Å². The molecule has 0 fully saturated rings. The van der Waals surface area contributed by atoms with E-state index in [1.54, 1.807) is 6.26 Å². The van der Waals surface area contributed by atoms with Gasteiger partial charge in [0.15, 0.2) is 0 Å². The Hall–Kier alpha value is -2.30. The van der Waals surface area contributed by atoms with E-state index in [4.69, 9.17) is 4.42 Å². The number of alkyl halides is 1. The molecule has 0 spiro atoms. The second-order valence-electron chi connectivity index (χ2n) is 4.30. The zero-order valence-corrected chi connectivity index (χ0v) is 11.0. The van der Waals surface area contributed by atoms with Crippen LogP contribution in [0.2, 0.25) is 0 Å². The number of hydrogen-bond donors (Lipinski definition) is 2. The van der Waals surface area contributed by atoms with E-state index in [0.717, 1.165) is 11.3 Å². The molecular formula is C15H17FN2O2. The van der Waals surface area contributed by atoms with Gasteiger partial charge >= 0.3 is 6.03 Å². The van der Waals surface area contributed by atoms with Crippen molar-refractivity contribution >= 4 is 6.03 Å². The largest absolute Gasteiger partial charge is 0.469 e. The van der Waals surface area contributed by atoms with Gasteiger partial charge < -0.3 is 15.1 Å². The topological polar surface area (TPSA) is 54.3 Å². The van der Waals surface area contributed by atoms with Gasteiger partial charge in [-0.3, -0.25) is 0 Å². The van der Waals surface area contributed by atoms with Gasteiger partial charge in [0.25, 0.3) is 0 Å². The van der Waals surface area contributed by atoms with Crippen LogP contribution in [0.5, 0.6) is 0 Å². The van der Waals surface area contributed by atoms with Crippen LogP contribution in [-0.2, 0) is 0 Å². The number of halogens is 1. The van der Waals surface area contributed by atoms with Crippen LogP contribution in [0, 0.1) is 0 Å². The van der Waals surface area contributed by atoms with E-state index >= 15 is 0 Å². The van der Waals surface area contributed by atoms with Gasteiger partial charge in [0.1, 0.15) is 12.4 Å². The summed E-state index contributed by atoms with van der Waals surface area (Å²) in [5.74, 6) is 0.712. The monoisotopic (exact) mass is 276 g/mol. The van der Waals surface area contributed by atoms with Crippen LogP contribution in [-0.4, -0.2) is 25.8 Å². The van der Waals surface area contributed by atoms with Gasteiger partial charge in [0.2, 0.25) is 0 Å². The number of benzene rings is 1. The number of urea groups is 1. The van der Waals surface area contributed by atoms with E-state index in [-0.39, 0.29) is 18.5 Å². The van der Waals surface area contributed by atoms with Crippen LogP contribution in [0.1, 0.15) is 17.2 Å². The molecule has 2 aromatic rings. The number of hydrogen-bond acceptors (Lipinski definition) is 2. The highest BCUT2D eigenvalue weighted by molar-refractivity contribution is 5.73. The van der Waals surface area contributed by atoms with Crippen molar-refractivity contribution in [2.45, 2.75) is 5.92 Å². The molecule has 0 aliphatic carbocycles. The van der Waals surface area contributed by atoms with E-state index in [2.05, 4.69) is 10.6 Å². The molecule has 1 heterocycles. The fraction of sp³-hybridized carbons (Fsp3) is 0.267. The smallest absolute Gasteiger partial charge is 0.314 e. The summed E-state index contributed by atoms with van der Waals surface area (Å²) in [5, 5.41) is 5.16. The van der Waals surface area contributed by atoms with E-state index in [0.29, 0.717) is 6.54 Å². The number of furan rings is 1. The van der Waals surface area contributed by atoms with Crippen LogP contribution in [0.3, 0.4) is 0 Å². The number of nitrogens with one attached hydrogen (secondary N) is 2. The molecule has 2 rings (SSSR count). The minimum Gasteiger partial charge on any atom is -0.469 e. The number of amides is 2. The molecular weight excluding hydrogens is 259 g/mol. The van der Waals surface area contributed by atoms with Gasteiger partial charge in [-0.05, 0) is 17.7 Å². The molecule has 20 heavy (non-hydrogen) atoms. The van der Waals surface area contributed by atoms with Crippen molar-refractivity contribution in [1.82, 2.24) is 10.6 Å². The Labute approximate surface area is 117 Å². The Morgan fingerprint density at radius 2 is 1.95 bits per heavy atom. The summed E-state index contributed by atoms with van der Waals surface area (Å²) in [7, 11) is 0. The zero-order chi connectivity index (χ0) is 14.2. The minimum atomic E-state index is -0.576. The molecule has 1 aromatic heterocycles. The highest BCUT2D eigenvalue weighted by Gasteiger charge is 2.17. The fourth-order valence-corrected chi connectivity index (χ4v) is 1.98. The summed E-state index contributed by atoms with van der Waals surface area (Å²) in [4.78, 5) is 11.5. The molecule has 0 aliphatic heterocycles. The van der Waals surface area contributed by atoms with Crippen molar-refractivity contribution in [2.75, 3.05) is 19.8 Å². The lowest BCUT2D eigenvalue weighted by Crippen LogP contribution is -2.38. The van der Waals surface area contributed by atoms with Crippen molar-refractivity contribution in [1.29, 1.82) is 0 Å². The van der Waals surface area contributed by atoms with Crippen LogP contribution >= 0.6 is 0 Å². The molecule has 2 amide bonds. The van der Waals surface area contributed by atoms with Gasteiger partial charge in [0, 0.05) is 13.1 Å². The normalized spacial score (nSPS) is 11.8. The molecule has 1 aromatic carbocycles. The number of carbonyl (C=O) groups excluding carboxylic acids is 1. The van der Waals surface area contributed by atoms with Crippen LogP contribution in [0.4, 0.5) is 9.18 Å². The Balaban J connectivity index is 2.03. The standard InChI is InChI=1S/C15H17FN2O2/c16-8-9-17-15(19)18-11-13(14-7-4-10-20-14)12-5-2-1-3-6-12/h1-7,10,13H,8-9,11H2,(H2,17,18,19). The fourth-order valence-electron chi connectivity index (χ4n) is 1.98. The molecule has 0 saturated carbocycles. The minimum absolute atomic E-state index is 0.0165. The maximum absolute atomic E-state index is 12.0. The third-order valence-corrected chi connectivity index (χ3v) is 2.94. The molecule has 0 radical (unpaired) electrons. The lowest BCUT2D eigenvalue weighted by Gasteiger charge is -2.16. The average molecular weight is 276 g/mol. The van der Waals surface area contributed by atoms with Crippen LogP contribution in [0.15, 0.2) is 53.1 Å². The Morgan fingerprint density at radius 3 is 2.60 bits per heavy atom. The summed E-state index contributed by atoms with van der Waals surface area (Å²) >= 11 is 0. The molecule has 4 nitrogen and oxygen atoms in total. The summed E-state index contributed by atoms with van der Waals surface area (Å²) in [6.07, 6.45) is 1.61. The SMILES string of the molecule is O=C(NCCF)NCC(c1ccccc1)c1ccco1. The first-order valence-electron chi connectivity index (χ1n) is 6.47. The second kappa shape index (κ2) is 7.33. The zero-order valence-electron chi connectivity index (χ0n) is 11.0. The summed E-state index contributed by atoms with van der Waals surface area (Å²) in [5.41, 5.74) is 1.05. The third-order valence-electron chi connectivity index (χ3n) is 2.94. The quantitative estimate of drug-likeness (QED) is 0.852. The second-order valence-corrected chi connectivity index (χ2v) is 4.30. The molecule has 0 bridgehead atoms. The summed E-state index contributed by atoms with van der Waals surface area (Å²) in [6, 6.07) is 13.1. The van der Waals surface area contributed by atoms with E-state index in [1.165, 1.54) is 0 Å². The molecule has 106 valence electrons. The van der Waals surface area contributed by atoms with Gasteiger partial charge in [-0.2, -0.15) is 0 Å². The lowest BCUT2D eigenvalue weighted by atomic mass is 9.96. The highest BCUT2D eigenvalue weighted by Crippen LogP contribution is 2.24. The van der Waals surface area contributed by atoms with Gasteiger partial charge in [-0.25, -0.2) is 9.18 Å². The predicted molar refractivity (Wildman–Crippen MR) is 74.4 cm³/mol. The number of rotatable bonds is 6. The van der Waals surface area contributed by atoms with Crippen molar-refractivity contribution in [3.63, 3.8) is 0 Å². The van der Waals surface area contributed by atoms with Crippen molar-refractivity contribution in [3.8, 4) is 0 Å². The molecule has 0 saturated heterocycles. The first-order valence-corrected chi connectivity index (χ1v) is 6.47. The van der Waals surface area contributed by atoms with Gasteiger partial charge in [0.05, 0.1) is 12.2 Å². The van der Waals surface area contributed by atoms with Gasteiger partial charge in [-0.1, -0.05) is 30.3 Å². The van der Waals surface area contributed by atoms with Crippen LogP contribution < -0.4 is 10.6 Å². The first-order chi connectivity index (χ1) is 9.81. The van der Waals surface area contributed by atoms with E-state index in [9.17, 15) is 9.18 Å². The van der Waals surface area contributed by atoms with Crippen molar-refractivity contribution < 1.29 is 13.6 Å². The van der Waals surface area contributed by atoms with Crippen LogP contribution in [0.25, 0.3) is 0 Å². The maximum atomic E-state index is 12.0. The van der Waals surface area contributed by atoms with Crippen molar-refractivity contribution in [3.05, 3.63) is 60.1 Å². The highest BCUT2D eigenvalue weighted by atomic mass is 19.1. The predicted octanol–water partition coefficient (Wildman–Crippen LogP) is 2.68. The number of carbonyl (C=O) groups is 1. The molecule has 5 heteroatoms. The van der Waals surface area contributed by atoms with Gasteiger partial charge in [-0.15, -0.1) is 0 Å². The average Bonchev–Trinajstić information content (AvgIpc) is 3.00. The Bertz CT molecular complexity index is 514. The Kier molecular flexibility index (Phi) is 5.17. The maximum Gasteiger partial charge on any atom is 0.314 e. The first kappa shape index (κ1) is 14.1. The molecule has 2 N–H and O–H groups in total.